The highest BCUT2D eigenvalue weighted by atomic mass is 16.4. The molecule has 3 N–H and O–H groups in total. The van der Waals surface area contributed by atoms with Gasteiger partial charge in [0.2, 0.25) is 0 Å². The topological polar surface area (TPSA) is 80.4 Å². The monoisotopic (exact) mass is 289 g/mol. The van der Waals surface area contributed by atoms with E-state index in [0.29, 0.717) is 12.2 Å². The van der Waals surface area contributed by atoms with Crippen molar-refractivity contribution in [3.05, 3.63) is 35.4 Å². The Morgan fingerprint density at radius 1 is 1.33 bits per heavy atom. The second-order valence-electron chi connectivity index (χ2n) is 6.17. The normalized spacial score (nSPS) is 24.8. The first-order chi connectivity index (χ1) is 9.90. The Morgan fingerprint density at radius 2 is 1.95 bits per heavy atom. The van der Waals surface area contributed by atoms with Crippen LogP contribution in [0.3, 0.4) is 0 Å². The first-order valence-electron chi connectivity index (χ1n) is 7.51. The van der Waals surface area contributed by atoms with Crippen LogP contribution in [0, 0.1) is 11.8 Å². The quantitative estimate of drug-likeness (QED) is 0.872. The molecule has 1 aliphatic rings. The van der Waals surface area contributed by atoms with Crippen LogP contribution < -0.4 is 5.73 Å². The van der Waals surface area contributed by atoms with Crippen LogP contribution in [0.2, 0.25) is 0 Å². The smallest absolute Gasteiger partial charge is 0.320 e. The lowest BCUT2D eigenvalue weighted by molar-refractivity contribution is -0.138. The fourth-order valence-corrected chi connectivity index (χ4v) is 3.11. The number of nitrogens with two attached hydrogens (primary N) is 1. The van der Waals surface area contributed by atoms with Crippen molar-refractivity contribution in [1.82, 2.24) is 0 Å². The number of aliphatic carboxylic acids is 1. The van der Waals surface area contributed by atoms with Gasteiger partial charge < -0.3 is 10.8 Å². The third-order valence-corrected chi connectivity index (χ3v) is 4.64. The summed E-state index contributed by atoms with van der Waals surface area (Å²) in [5, 5.41) is 8.82. The summed E-state index contributed by atoms with van der Waals surface area (Å²) in [5.41, 5.74) is 7.58. The highest BCUT2D eigenvalue weighted by Gasteiger charge is 2.35. The first-order valence-corrected chi connectivity index (χ1v) is 7.51. The molecule has 4 unspecified atom stereocenters. The molecule has 1 aromatic rings. The molecule has 114 valence electrons. The summed E-state index contributed by atoms with van der Waals surface area (Å²) in [6.45, 7) is 4.10. The maximum atomic E-state index is 12.1. The predicted octanol–water partition coefficient (Wildman–Crippen LogP) is 2.36. The number of hydrogen-bond donors (Lipinski definition) is 2. The van der Waals surface area contributed by atoms with E-state index >= 15 is 0 Å². The molecule has 0 spiro atoms. The molecule has 1 aromatic carbocycles. The van der Waals surface area contributed by atoms with Gasteiger partial charge in [-0.3, -0.25) is 9.59 Å². The van der Waals surface area contributed by atoms with Crippen molar-refractivity contribution in [2.75, 3.05) is 0 Å². The third-order valence-electron chi connectivity index (χ3n) is 4.64. The summed E-state index contributed by atoms with van der Waals surface area (Å²) in [6.07, 6.45) is 2.27. The van der Waals surface area contributed by atoms with Gasteiger partial charge in [-0.2, -0.15) is 0 Å². The van der Waals surface area contributed by atoms with Crippen molar-refractivity contribution in [1.29, 1.82) is 0 Å². The molecule has 0 amide bonds. The lowest BCUT2D eigenvalue weighted by atomic mass is 9.85. The summed E-state index contributed by atoms with van der Waals surface area (Å²) in [6, 6.07) is 6.94. The fourth-order valence-electron chi connectivity index (χ4n) is 3.11. The van der Waals surface area contributed by atoms with Crippen LogP contribution in [0.15, 0.2) is 24.3 Å². The second kappa shape index (κ2) is 6.39. The molecule has 1 aliphatic carbocycles. The molecule has 1 saturated carbocycles. The number of carboxylic acids is 1. The van der Waals surface area contributed by atoms with Crippen molar-refractivity contribution in [2.24, 2.45) is 17.6 Å². The van der Waals surface area contributed by atoms with Crippen molar-refractivity contribution in [3.63, 3.8) is 0 Å². The number of ketones is 1. The molecule has 2 rings (SSSR count). The number of hydrogen-bond acceptors (Lipinski definition) is 3. The molecule has 0 saturated heterocycles. The van der Waals surface area contributed by atoms with Gasteiger partial charge in [-0.1, -0.05) is 38.1 Å². The zero-order valence-electron chi connectivity index (χ0n) is 12.6. The molecular formula is C17H23NO3. The van der Waals surface area contributed by atoms with E-state index in [1.807, 2.05) is 31.2 Å². The van der Waals surface area contributed by atoms with Gasteiger partial charge in [0.15, 0.2) is 0 Å². The minimum atomic E-state index is -0.988. The molecule has 4 atom stereocenters. The summed E-state index contributed by atoms with van der Waals surface area (Å²) >= 11 is 0. The highest BCUT2D eigenvalue weighted by Crippen LogP contribution is 2.37. The fraction of sp³-hybridized carbons (Fsp3) is 0.529. The Hall–Kier alpha value is -1.68. The maximum absolute atomic E-state index is 12.1. The average molecular weight is 289 g/mol. The highest BCUT2D eigenvalue weighted by molar-refractivity contribution is 5.85. The maximum Gasteiger partial charge on any atom is 0.320 e. The number of carboxylic acid groups (broad SMARTS) is 1. The summed E-state index contributed by atoms with van der Waals surface area (Å²) in [5.74, 6) is -0.0977. The molecule has 1 fully saturated rings. The van der Waals surface area contributed by atoms with Crippen molar-refractivity contribution in [3.8, 4) is 0 Å². The minimum Gasteiger partial charge on any atom is -0.480 e. The molecule has 0 bridgehead atoms. The zero-order chi connectivity index (χ0) is 15.6. The third kappa shape index (κ3) is 3.50. The molecule has 0 radical (unpaired) electrons. The van der Waals surface area contributed by atoms with E-state index in [-0.39, 0.29) is 17.8 Å². The Bertz CT molecular complexity index is 523. The van der Waals surface area contributed by atoms with Gasteiger partial charge in [-0.25, -0.2) is 0 Å². The van der Waals surface area contributed by atoms with E-state index < -0.39 is 12.0 Å². The number of carbonyl (C=O) groups is 2. The van der Waals surface area contributed by atoms with E-state index in [1.165, 1.54) is 0 Å². The minimum absolute atomic E-state index is 0.118. The van der Waals surface area contributed by atoms with Crippen molar-refractivity contribution in [2.45, 2.75) is 45.1 Å². The van der Waals surface area contributed by atoms with Gasteiger partial charge in [0.25, 0.3) is 0 Å². The summed E-state index contributed by atoms with van der Waals surface area (Å²) < 4.78 is 0. The molecular weight excluding hydrogens is 266 g/mol. The molecule has 0 heterocycles. The number of Topliss-reactive ketones (excluding diaryl/α,β-unsaturated/α-hetero) is 1. The van der Waals surface area contributed by atoms with Gasteiger partial charge in [0.1, 0.15) is 11.8 Å². The molecule has 21 heavy (non-hydrogen) atoms. The van der Waals surface area contributed by atoms with Crippen molar-refractivity contribution < 1.29 is 14.7 Å². The summed E-state index contributed by atoms with van der Waals surface area (Å²) in [7, 11) is 0. The van der Waals surface area contributed by atoms with Crippen molar-refractivity contribution >= 4 is 11.8 Å². The van der Waals surface area contributed by atoms with Crippen LogP contribution in [0.1, 0.15) is 43.7 Å². The standard InChI is InChI=1S/C17H23NO3/c1-10-3-8-14(16(10)19)11(2)13-6-4-12(5-7-13)9-15(18)17(20)21/h4-7,10-11,14-15H,3,8-9,18H2,1-2H3,(H,20,21). The molecule has 4 nitrogen and oxygen atoms in total. The van der Waals surface area contributed by atoms with Gasteiger partial charge >= 0.3 is 5.97 Å². The number of carbonyl (C=O) groups excluding carboxylic acids is 1. The van der Waals surface area contributed by atoms with Crippen LogP contribution in [0.4, 0.5) is 0 Å². The van der Waals surface area contributed by atoms with Gasteiger partial charge in [0, 0.05) is 11.8 Å². The Kier molecular flexibility index (Phi) is 4.78. The van der Waals surface area contributed by atoms with Crippen LogP contribution in [-0.4, -0.2) is 22.9 Å². The SMILES string of the molecule is CC1CCC(C(C)c2ccc(CC(N)C(=O)O)cc2)C1=O. The van der Waals surface area contributed by atoms with Gasteiger partial charge in [-0.05, 0) is 36.3 Å². The average Bonchev–Trinajstić information content (AvgIpc) is 2.79. The van der Waals surface area contributed by atoms with Crippen LogP contribution in [0.25, 0.3) is 0 Å². The number of rotatable bonds is 5. The van der Waals surface area contributed by atoms with E-state index in [2.05, 4.69) is 6.92 Å². The summed E-state index contributed by atoms with van der Waals surface area (Å²) in [4.78, 5) is 22.9. The van der Waals surface area contributed by atoms with Crippen LogP contribution in [-0.2, 0) is 16.0 Å². The van der Waals surface area contributed by atoms with E-state index in [0.717, 1.165) is 24.0 Å². The lowest BCUT2D eigenvalue weighted by Crippen LogP contribution is -2.32. The second-order valence-corrected chi connectivity index (χ2v) is 6.17. The molecule has 4 heteroatoms. The molecule has 0 aromatic heterocycles. The van der Waals surface area contributed by atoms with E-state index in [1.54, 1.807) is 0 Å². The predicted molar refractivity (Wildman–Crippen MR) is 81.1 cm³/mol. The Morgan fingerprint density at radius 3 is 2.43 bits per heavy atom. The van der Waals surface area contributed by atoms with E-state index in [4.69, 9.17) is 10.8 Å². The largest absolute Gasteiger partial charge is 0.480 e. The Labute approximate surface area is 125 Å². The zero-order valence-corrected chi connectivity index (χ0v) is 12.6. The van der Waals surface area contributed by atoms with Gasteiger partial charge in [-0.15, -0.1) is 0 Å². The van der Waals surface area contributed by atoms with Crippen LogP contribution >= 0.6 is 0 Å². The van der Waals surface area contributed by atoms with E-state index in [9.17, 15) is 9.59 Å². The number of benzene rings is 1. The molecule has 0 aliphatic heterocycles. The van der Waals surface area contributed by atoms with Gasteiger partial charge in [0.05, 0.1) is 0 Å². The first kappa shape index (κ1) is 15.7. The lowest BCUT2D eigenvalue weighted by Gasteiger charge is -2.19. The van der Waals surface area contributed by atoms with Crippen LogP contribution in [0.5, 0.6) is 0 Å². The Balaban J connectivity index is 2.05.